The Kier molecular flexibility index (Phi) is 6.24. The first-order valence-electron chi connectivity index (χ1n) is 8.41. The number of aliphatic imine (C=N–C) groups is 1. The molecule has 0 aromatic heterocycles. The van der Waals surface area contributed by atoms with Gasteiger partial charge in [0.05, 0.1) is 26.3 Å². The summed E-state index contributed by atoms with van der Waals surface area (Å²) in [5.74, 6) is 0.864. The maximum Gasteiger partial charge on any atom is 0.410 e. The van der Waals surface area contributed by atoms with Gasteiger partial charge in [-0.1, -0.05) is 0 Å². The Balaban J connectivity index is 1.78. The molecule has 1 N–H and O–H groups in total. The standard InChI is InChI=1S/C16H30N4O3/c1-13(11-19-7-9-22-10-8-19)18-14-12-20(6-5-17-14)15(21)23-16(2,3)4/h13H,5-12H2,1-4H3,(H,17,18). The lowest BCUT2D eigenvalue weighted by Gasteiger charge is -2.33. The molecule has 0 aromatic rings. The summed E-state index contributed by atoms with van der Waals surface area (Å²) in [4.78, 5) is 20.8. The number of ether oxygens (including phenoxy) is 2. The van der Waals surface area contributed by atoms with Gasteiger partial charge in [0.25, 0.3) is 0 Å². The van der Waals surface area contributed by atoms with E-state index >= 15 is 0 Å². The summed E-state index contributed by atoms with van der Waals surface area (Å²) >= 11 is 0. The predicted molar refractivity (Wildman–Crippen MR) is 90.0 cm³/mol. The molecule has 7 heteroatoms. The van der Waals surface area contributed by atoms with Crippen LogP contribution >= 0.6 is 0 Å². The highest BCUT2D eigenvalue weighted by atomic mass is 16.6. The molecule has 2 heterocycles. The third-order valence-electron chi connectivity index (χ3n) is 3.71. The van der Waals surface area contributed by atoms with Crippen LogP contribution in [0.25, 0.3) is 0 Å². The van der Waals surface area contributed by atoms with Crippen molar-refractivity contribution in [1.82, 2.24) is 15.1 Å². The van der Waals surface area contributed by atoms with Crippen molar-refractivity contribution < 1.29 is 14.3 Å². The Morgan fingerprint density at radius 2 is 2.04 bits per heavy atom. The molecule has 1 amide bonds. The van der Waals surface area contributed by atoms with Crippen molar-refractivity contribution in [3.63, 3.8) is 0 Å². The summed E-state index contributed by atoms with van der Waals surface area (Å²) in [5.41, 5.74) is -0.469. The van der Waals surface area contributed by atoms with Crippen molar-refractivity contribution in [2.24, 2.45) is 4.99 Å². The van der Waals surface area contributed by atoms with Crippen LogP contribution in [0.15, 0.2) is 4.99 Å². The van der Waals surface area contributed by atoms with Crippen molar-refractivity contribution in [1.29, 1.82) is 0 Å². The molecule has 0 radical (unpaired) electrons. The van der Waals surface area contributed by atoms with Crippen LogP contribution in [-0.2, 0) is 9.47 Å². The highest BCUT2D eigenvalue weighted by molar-refractivity contribution is 5.88. The van der Waals surface area contributed by atoms with Crippen LogP contribution in [-0.4, -0.2) is 85.9 Å². The lowest BCUT2D eigenvalue weighted by atomic mass is 10.2. The van der Waals surface area contributed by atoms with Crippen LogP contribution < -0.4 is 5.32 Å². The Bertz CT molecular complexity index is 428. The van der Waals surface area contributed by atoms with Crippen molar-refractivity contribution in [3.05, 3.63) is 0 Å². The molecular formula is C16H30N4O3. The SMILES string of the molecule is CC(CN1CCOCC1)NC1=NCCN(C(=O)OC(C)(C)C)C1. The lowest BCUT2D eigenvalue weighted by Crippen LogP contribution is -2.51. The number of amidine groups is 1. The summed E-state index contributed by atoms with van der Waals surface area (Å²) in [6.07, 6.45) is -0.271. The van der Waals surface area contributed by atoms with E-state index in [0.29, 0.717) is 19.6 Å². The minimum atomic E-state index is -0.469. The zero-order chi connectivity index (χ0) is 16.9. The molecule has 1 unspecified atom stereocenters. The third kappa shape index (κ3) is 6.35. The molecule has 0 aromatic carbocycles. The molecule has 0 spiro atoms. The fraction of sp³-hybridized carbons (Fsp3) is 0.875. The van der Waals surface area contributed by atoms with E-state index in [-0.39, 0.29) is 12.1 Å². The van der Waals surface area contributed by atoms with Gasteiger partial charge in [0.1, 0.15) is 11.4 Å². The van der Waals surface area contributed by atoms with Crippen molar-refractivity contribution >= 4 is 11.9 Å². The zero-order valence-corrected chi connectivity index (χ0v) is 14.8. The van der Waals surface area contributed by atoms with Gasteiger partial charge in [-0.05, 0) is 27.7 Å². The first kappa shape index (κ1) is 18.0. The Hall–Kier alpha value is -1.34. The first-order chi connectivity index (χ1) is 10.8. The van der Waals surface area contributed by atoms with Crippen LogP contribution in [0.1, 0.15) is 27.7 Å². The second-order valence-corrected chi connectivity index (χ2v) is 7.19. The summed E-state index contributed by atoms with van der Waals surface area (Å²) in [5, 5.41) is 3.43. The van der Waals surface area contributed by atoms with Crippen LogP contribution in [0.3, 0.4) is 0 Å². The van der Waals surface area contributed by atoms with Crippen molar-refractivity contribution in [3.8, 4) is 0 Å². The molecule has 2 aliphatic rings. The maximum atomic E-state index is 12.2. The van der Waals surface area contributed by atoms with Gasteiger partial charge in [-0.2, -0.15) is 0 Å². The number of hydrogen-bond donors (Lipinski definition) is 1. The average molecular weight is 326 g/mol. The zero-order valence-electron chi connectivity index (χ0n) is 14.8. The van der Waals surface area contributed by atoms with Gasteiger partial charge in [0, 0.05) is 32.2 Å². The van der Waals surface area contributed by atoms with E-state index in [1.165, 1.54) is 0 Å². The summed E-state index contributed by atoms with van der Waals surface area (Å²) < 4.78 is 10.8. The van der Waals surface area contributed by atoms with Gasteiger partial charge < -0.3 is 14.8 Å². The number of nitrogens with one attached hydrogen (secondary N) is 1. The molecule has 0 saturated carbocycles. The number of rotatable bonds is 3. The van der Waals surface area contributed by atoms with E-state index in [9.17, 15) is 4.79 Å². The number of amides is 1. The molecule has 0 aliphatic carbocycles. The van der Waals surface area contributed by atoms with Gasteiger partial charge in [0.15, 0.2) is 0 Å². The molecule has 2 rings (SSSR count). The predicted octanol–water partition coefficient (Wildman–Crippen LogP) is 0.946. The van der Waals surface area contributed by atoms with Crippen LogP contribution in [0.5, 0.6) is 0 Å². The Labute approximate surface area is 139 Å². The van der Waals surface area contributed by atoms with Gasteiger partial charge >= 0.3 is 6.09 Å². The van der Waals surface area contributed by atoms with Gasteiger partial charge in [0.2, 0.25) is 0 Å². The molecule has 132 valence electrons. The van der Waals surface area contributed by atoms with Gasteiger partial charge in [-0.25, -0.2) is 4.79 Å². The number of carbonyl (C=O) groups is 1. The Morgan fingerprint density at radius 3 is 2.70 bits per heavy atom. The van der Waals surface area contributed by atoms with Crippen LogP contribution in [0, 0.1) is 0 Å². The molecule has 1 fully saturated rings. The largest absolute Gasteiger partial charge is 0.444 e. The number of morpholine rings is 1. The van der Waals surface area contributed by atoms with Gasteiger partial charge in [-0.15, -0.1) is 0 Å². The second kappa shape index (κ2) is 7.97. The normalized spacial score (nSPS) is 21.6. The fourth-order valence-electron chi connectivity index (χ4n) is 2.69. The Morgan fingerprint density at radius 1 is 1.35 bits per heavy atom. The maximum absolute atomic E-state index is 12.2. The highest BCUT2D eigenvalue weighted by Gasteiger charge is 2.25. The van der Waals surface area contributed by atoms with E-state index in [1.54, 1.807) is 4.90 Å². The van der Waals surface area contributed by atoms with E-state index < -0.39 is 5.60 Å². The average Bonchev–Trinajstić information content (AvgIpc) is 2.46. The van der Waals surface area contributed by atoms with E-state index in [0.717, 1.165) is 38.7 Å². The quantitative estimate of drug-likeness (QED) is 0.836. The first-order valence-corrected chi connectivity index (χ1v) is 8.41. The van der Waals surface area contributed by atoms with Crippen LogP contribution in [0.2, 0.25) is 0 Å². The van der Waals surface area contributed by atoms with Crippen molar-refractivity contribution in [2.75, 3.05) is 52.5 Å². The monoisotopic (exact) mass is 326 g/mol. The highest BCUT2D eigenvalue weighted by Crippen LogP contribution is 2.11. The molecule has 1 atom stereocenters. The number of nitrogens with zero attached hydrogens (tertiary/aromatic N) is 3. The molecule has 0 bridgehead atoms. The number of carbonyl (C=O) groups excluding carboxylic acids is 1. The molecular weight excluding hydrogens is 296 g/mol. The summed E-state index contributed by atoms with van der Waals surface area (Å²) in [6.45, 7) is 14.0. The summed E-state index contributed by atoms with van der Waals surface area (Å²) in [6, 6.07) is 0.283. The van der Waals surface area contributed by atoms with E-state index in [2.05, 4.69) is 22.1 Å². The molecule has 1 saturated heterocycles. The van der Waals surface area contributed by atoms with Crippen molar-refractivity contribution in [2.45, 2.75) is 39.3 Å². The third-order valence-corrected chi connectivity index (χ3v) is 3.71. The minimum Gasteiger partial charge on any atom is -0.444 e. The summed E-state index contributed by atoms with van der Waals surface area (Å²) in [7, 11) is 0. The smallest absolute Gasteiger partial charge is 0.410 e. The van der Waals surface area contributed by atoms with Crippen LogP contribution in [0.4, 0.5) is 4.79 Å². The topological polar surface area (TPSA) is 66.4 Å². The lowest BCUT2D eigenvalue weighted by molar-refractivity contribution is 0.0273. The fourth-order valence-corrected chi connectivity index (χ4v) is 2.69. The molecule has 23 heavy (non-hydrogen) atoms. The minimum absolute atomic E-state index is 0.271. The molecule has 7 nitrogen and oxygen atoms in total. The van der Waals surface area contributed by atoms with E-state index in [1.807, 2.05) is 20.8 Å². The number of hydrogen-bond acceptors (Lipinski definition) is 6. The molecule has 2 aliphatic heterocycles. The van der Waals surface area contributed by atoms with E-state index in [4.69, 9.17) is 9.47 Å². The second-order valence-electron chi connectivity index (χ2n) is 7.19. The van der Waals surface area contributed by atoms with Gasteiger partial charge in [-0.3, -0.25) is 14.8 Å².